The molecule has 2 nitrogen and oxygen atoms in total. The lowest BCUT2D eigenvalue weighted by molar-refractivity contribution is 0.0838. The van der Waals surface area contributed by atoms with Gasteiger partial charge in [0.05, 0.1) is 19.8 Å². The molecule has 1 aromatic rings. The Kier molecular flexibility index (Phi) is 6.41. The van der Waals surface area contributed by atoms with E-state index in [0.717, 1.165) is 5.56 Å². The Hall–Kier alpha value is -0.570. The van der Waals surface area contributed by atoms with Crippen molar-refractivity contribution >= 4 is 11.6 Å². The zero-order chi connectivity index (χ0) is 10.1. The van der Waals surface area contributed by atoms with Crippen molar-refractivity contribution in [3.8, 4) is 0 Å². The number of hydrogen-bond donors (Lipinski definition) is 0. The summed E-state index contributed by atoms with van der Waals surface area (Å²) in [5.74, 6) is 0.530. The molecule has 0 unspecified atom stereocenters. The first-order valence-electron chi connectivity index (χ1n) is 4.57. The van der Waals surface area contributed by atoms with Crippen molar-refractivity contribution in [3.63, 3.8) is 0 Å². The van der Waals surface area contributed by atoms with Crippen LogP contribution in [0.15, 0.2) is 30.3 Å². The van der Waals surface area contributed by atoms with Gasteiger partial charge in [-0.3, -0.25) is 0 Å². The molecule has 0 fully saturated rings. The smallest absolute Gasteiger partial charge is 0.113 e. The van der Waals surface area contributed by atoms with Gasteiger partial charge in [-0.25, -0.2) is 0 Å². The molecule has 77 valence electrons. The van der Waals surface area contributed by atoms with Crippen molar-refractivity contribution in [3.05, 3.63) is 42.5 Å². The molecule has 0 saturated carbocycles. The summed E-state index contributed by atoms with van der Waals surface area (Å²) in [4.78, 5) is 0. The third kappa shape index (κ3) is 5.22. The second kappa shape index (κ2) is 7.80. The minimum Gasteiger partial charge on any atom is -0.378 e. The Balaban J connectivity index is 1.99. The van der Waals surface area contributed by atoms with Crippen LogP contribution < -0.4 is 0 Å². The predicted molar refractivity (Wildman–Crippen MR) is 57.3 cm³/mol. The molecule has 1 rings (SSSR count). The number of halogens is 1. The quantitative estimate of drug-likeness (QED) is 0.512. The van der Waals surface area contributed by atoms with Gasteiger partial charge >= 0.3 is 0 Å². The van der Waals surface area contributed by atoms with E-state index in [4.69, 9.17) is 21.1 Å². The summed E-state index contributed by atoms with van der Waals surface area (Å²) >= 11 is 5.44. The van der Waals surface area contributed by atoms with Crippen molar-refractivity contribution < 1.29 is 9.47 Å². The van der Waals surface area contributed by atoms with Gasteiger partial charge in [-0.2, -0.15) is 0 Å². The van der Waals surface area contributed by atoms with Crippen LogP contribution in [0, 0.1) is 6.61 Å². The maximum atomic E-state index is 5.44. The molecule has 0 amide bonds. The summed E-state index contributed by atoms with van der Waals surface area (Å²) in [6, 6.07) is 9.89. The normalized spacial score (nSPS) is 10.4. The van der Waals surface area contributed by atoms with Crippen LogP contribution in [0.1, 0.15) is 5.56 Å². The van der Waals surface area contributed by atoms with Gasteiger partial charge in [-0.1, -0.05) is 30.3 Å². The molecule has 0 atom stereocenters. The van der Waals surface area contributed by atoms with Gasteiger partial charge in [0, 0.05) is 5.88 Å². The monoisotopic (exact) mass is 213 g/mol. The van der Waals surface area contributed by atoms with E-state index in [1.807, 2.05) is 30.3 Å². The van der Waals surface area contributed by atoms with Gasteiger partial charge in [0.15, 0.2) is 0 Å². The minimum absolute atomic E-state index is 0.530. The Morgan fingerprint density at radius 2 is 1.86 bits per heavy atom. The van der Waals surface area contributed by atoms with E-state index < -0.39 is 0 Å². The fourth-order valence-corrected chi connectivity index (χ4v) is 1.06. The topological polar surface area (TPSA) is 18.5 Å². The first-order chi connectivity index (χ1) is 6.93. The third-order valence-corrected chi connectivity index (χ3v) is 1.74. The summed E-state index contributed by atoms with van der Waals surface area (Å²) in [7, 11) is 0. The van der Waals surface area contributed by atoms with Crippen LogP contribution in [0.3, 0.4) is 0 Å². The lowest BCUT2D eigenvalue weighted by Crippen LogP contribution is -2.04. The van der Waals surface area contributed by atoms with Crippen LogP contribution in [0.5, 0.6) is 0 Å². The molecule has 0 aliphatic rings. The minimum atomic E-state index is 0.530. The van der Waals surface area contributed by atoms with E-state index in [-0.39, 0.29) is 0 Å². The first-order valence-corrected chi connectivity index (χ1v) is 5.10. The fraction of sp³-hybridized carbons (Fsp3) is 0.364. The summed E-state index contributed by atoms with van der Waals surface area (Å²) in [6.45, 7) is 3.45. The molecular weight excluding hydrogens is 200 g/mol. The van der Waals surface area contributed by atoms with Crippen LogP contribution in [0.2, 0.25) is 0 Å². The fourth-order valence-electron chi connectivity index (χ4n) is 0.950. The van der Waals surface area contributed by atoms with Crippen LogP contribution in [-0.2, 0) is 9.47 Å². The zero-order valence-corrected chi connectivity index (χ0v) is 8.74. The molecule has 0 heterocycles. The van der Waals surface area contributed by atoms with E-state index >= 15 is 0 Å². The molecule has 0 spiro atoms. The molecule has 0 aliphatic heterocycles. The summed E-state index contributed by atoms with van der Waals surface area (Å²) < 4.78 is 10.4. The van der Waals surface area contributed by atoms with E-state index in [9.17, 15) is 0 Å². The number of ether oxygens (including phenoxy) is 2. The molecule has 14 heavy (non-hydrogen) atoms. The molecule has 0 saturated heterocycles. The first kappa shape index (κ1) is 11.5. The van der Waals surface area contributed by atoms with Crippen molar-refractivity contribution in [1.82, 2.24) is 0 Å². The summed E-state index contributed by atoms with van der Waals surface area (Å²) in [6.07, 6.45) is 0. The largest absolute Gasteiger partial charge is 0.378 e. The average molecular weight is 214 g/mol. The van der Waals surface area contributed by atoms with E-state index in [2.05, 4.69) is 0 Å². The standard InChI is InChI=1S/C11H14ClO2/c12-6-7-13-8-9-14-10-11-4-2-1-3-5-11/h1-5,10H,6-9H2. The summed E-state index contributed by atoms with van der Waals surface area (Å²) in [5.41, 5.74) is 1.06. The average Bonchev–Trinajstić information content (AvgIpc) is 2.25. The van der Waals surface area contributed by atoms with Gasteiger partial charge in [-0.15, -0.1) is 11.6 Å². The molecule has 0 aliphatic carbocycles. The van der Waals surface area contributed by atoms with Crippen molar-refractivity contribution in [2.24, 2.45) is 0 Å². The molecular formula is C11H14ClO2. The Bertz CT molecular complexity index is 226. The SMILES string of the molecule is ClCCOCCO[CH]c1ccccc1. The highest BCUT2D eigenvalue weighted by Crippen LogP contribution is 2.02. The Morgan fingerprint density at radius 1 is 1.07 bits per heavy atom. The van der Waals surface area contributed by atoms with Gasteiger partial charge in [0.2, 0.25) is 0 Å². The van der Waals surface area contributed by atoms with Crippen LogP contribution >= 0.6 is 11.6 Å². The highest BCUT2D eigenvalue weighted by molar-refractivity contribution is 6.17. The number of rotatable bonds is 7. The van der Waals surface area contributed by atoms with Crippen LogP contribution in [0.4, 0.5) is 0 Å². The summed E-state index contributed by atoms with van der Waals surface area (Å²) in [5, 5.41) is 0. The van der Waals surface area contributed by atoms with Crippen molar-refractivity contribution in [1.29, 1.82) is 0 Å². The van der Waals surface area contributed by atoms with Crippen molar-refractivity contribution in [2.45, 2.75) is 0 Å². The van der Waals surface area contributed by atoms with Gasteiger partial charge in [-0.05, 0) is 5.56 Å². The second-order valence-corrected chi connectivity index (χ2v) is 3.08. The van der Waals surface area contributed by atoms with Gasteiger partial charge in [0.1, 0.15) is 6.61 Å². The van der Waals surface area contributed by atoms with E-state index in [0.29, 0.717) is 25.7 Å². The second-order valence-electron chi connectivity index (χ2n) is 2.70. The Labute approximate surface area is 89.8 Å². The number of hydrogen-bond acceptors (Lipinski definition) is 2. The highest BCUT2D eigenvalue weighted by Gasteiger charge is 1.92. The third-order valence-electron chi connectivity index (χ3n) is 1.59. The predicted octanol–water partition coefficient (Wildman–Crippen LogP) is 2.47. The molecule has 0 aromatic heterocycles. The zero-order valence-electron chi connectivity index (χ0n) is 7.99. The van der Waals surface area contributed by atoms with Gasteiger partial charge in [0.25, 0.3) is 0 Å². The molecule has 1 aromatic carbocycles. The van der Waals surface area contributed by atoms with E-state index in [1.54, 1.807) is 6.61 Å². The van der Waals surface area contributed by atoms with E-state index in [1.165, 1.54) is 0 Å². The number of alkyl halides is 1. The molecule has 0 bridgehead atoms. The number of benzene rings is 1. The lowest BCUT2D eigenvalue weighted by atomic mass is 10.2. The van der Waals surface area contributed by atoms with Crippen molar-refractivity contribution in [2.75, 3.05) is 25.7 Å². The molecule has 0 N–H and O–H groups in total. The van der Waals surface area contributed by atoms with Crippen LogP contribution in [0.25, 0.3) is 0 Å². The maximum absolute atomic E-state index is 5.44. The van der Waals surface area contributed by atoms with Crippen LogP contribution in [-0.4, -0.2) is 25.7 Å². The molecule has 3 heteroatoms. The highest BCUT2D eigenvalue weighted by atomic mass is 35.5. The maximum Gasteiger partial charge on any atom is 0.113 e. The van der Waals surface area contributed by atoms with Gasteiger partial charge < -0.3 is 9.47 Å². The molecule has 1 radical (unpaired) electrons. The lowest BCUT2D eigenvalue weighted by Gasteiger charge is -2.03. The Morgan fingerprint density at radius 3 is 2.57 bits per heavy atom.